The van der Waals surface area contributed by atoms with E-state index < -0.39 is 21.9 Å². The molecule has 34 heavy (non-hydrogen) atoms. The van der Waals surface area contributed by atoms with Crippen molar-refractivity contribution in [3.63, 3.8) is 0 Å². The molecule has 2 N–H and O–H groups in total. The van der Waals surface area contributed by atoms with Gasteiger partial charge in [0.1, 0.15) is 17.2 Å². The molecule has 0 unspecified atom stereocenters. The first-order valence-electron chi connectivity index (χ1n) is 10.6. The largest absolute Gasteiger partial charge is 0.456 e. The van der Waals surface area contributed by atoms with Crippen LogP contribution < -0.4 is 15.6 Å². The molecule has 0 aliphatic carbocycles. The normalized spacial score (nSPS) is 11.2. The van der Waals surface area contributed by atoms with Gasteiger partial charge in [0.25, 0.3) is 10.9 Å². The number of halogens is 4. The molecule has 0 saturated heterocycles. The van der Waals surface area contributed by atoms with E-state index >= 15 is 0 Å². The van der Waals surface area contributed by atoms with Crippen molar-refractivity contribution in [3.8, 4) is 11.5 Å². The van der Waals surface area contributed by atoms with Crippen molar-refractivity contribution in [2.24, 2.45) is 0 Å². The molecule has 0 atom stereocenters. The number of rotatable bonds is 12. The first kappa shape index (κ1) is 27.6. The van der Waals surface area contributed by atoms with Gasteiger partial charge in [0.05, 0.1) is 15.5 Å². The lowest BCUT2D eigenvalue weighted by atomic mass is 10.1. The highest BCUT2D eigenvalue weighted by molar-refractivity contribution is 8.13. The van der Waals surface area contributed by atoms with Crippen LogP contribution in [0, 0.1) is 10.1 Å². The van der Waals surface area contributed by atoms with Crippen LogP contribution in [0.25, 0.3) is 0 Å². The molecule has 0 bridgehead atoms. The molecule has 0 aliphatic heterocycles. The highest BCUT2D eigenvalue weighted by Gasteiger charge is 2.31. The molecule has 2 rings (SSSR count). The van der Waals surface area contributed by atoms with Gasteiger partial charge in [0, 0.05) is 17.9 Å². The van der Waals surface area contributed by atoms with E-state index in [1.807, 2.05) is 0 Å². The number of hydrazine groups is 1. The van der Waals surface area contributed by atoms with Gasteiger partial charge in [-0.2, -0.15) is 13.2 Å². The quantitative estimate of drug-likeness (QED) is 0.167. The van der Waals surface area contributed by atoms with Crippen LogP contribution in [-0.4, -0.2) is 15.9 Å². The van der Waals surface area contributed by atoms with Gasteiger partial charge < -0.3 is 4.74 Å². The Balaban J connectivity index is 1.98. The fourth-order valence-electron chi connectivity index (χ4n) is 2.93. The standard InChI is InChI=1S/C22H25ClF3N3O4S/c1-2-3-4-5-6-7-12-34-21(30)28-27-18-14-16(9-10-19(18)29(31)32)33-20-11-8-15(13-17(20)23)22(24,25)26/h8-11,13-14,27H,2-7,12H2,1H3,(H,28,30). The third-order valence-electron chi connectivity index (χ3n) is 4.68. The van der Waals surface area contributed by atoms with Crippen molar-refractivity contribution in [1.82, 2.24) is 5.43 Å². The maximum atomic E-state index is 12.8. The Bertz CT molecular complexity index is 992. The smallest absolute Gasteiger partial charge is 0.416 e. The van der Waals surface area contributed by atoms with Crippen LogP contribution in [0.1, 0.15) is 51.0 Å². The second-order valence-corrected chi connectivity index (χ2v) is 8.81. The number of amides is 1. The molecule has 0 spiro atoms. The molecule has 0 radical (unpaired) electrons. The van der Waals surface area contributed by atoms with Crippen LogP contribution in [0.2, 0.25) is 5.02 Å². The van der Waals surface area contributed by atoms with Gasteiger partial charge in [0.15, 0.2) is 0 Å². The number of carbonyl (C=O) groups excluding carboxylic acids is 1. The van der Waals surface area contributed by atoms with Crippen LogP contribution >= 0.6 is 23.4 Å². The van der Waals surface area contributed by atoms with Crippen molar-refractivity contribution in [2.75, 3.05) is 11.2 Å². The summed E-state index contributed by atoms with van der Waals surface area (Å²) in [5.41, 5.74) is 3.59. The van der Waals surface area contributed by atoms with Crippen molar-refractivity contribution in [2.45, 2.75) is 51.6 Å². The minimum Gasteiger partial charge on any atom is -0.456 e. The Hall–Kier alpha value is -2.66. The van der Waals surface area contributed by atoms with Crippen LogP contribution in [0.5, 0.6) is 11.5 Å². The first-order chi connectivity index (χ1) is 16.1. The third kappa shape index (κ3) is 8.94. The summed E-state index contributed by atoms with van der Waals surface area (Å²) >= 11 is 6.96. The number of nitro benzene ring substituents is 1. The Morgan fingerprint density at radius 3 is 2.47 bits per heavy atom. The Morgan fingerprint density at radius 1 is 1.12 bits per heavy atom. The second kappa shape index (κ2) is 13.3. The molecule has 7 nitrogen and oxygen atoms in total. The predicted octanol–water partition coefficient (Wildman–Crippen LogP) is 8.19. The molecule has 0 heterocycles. The van der Waals surface area contributed by atoms with Gasteiger partial charge in [-0.15, -0.1) is 0 Å². The summed E-state index contributed by atoms with van der Waals surface area (Å²) in [5.74, 6) is 0.633. The van der Waals surface area contributed by atoms with E-state index in [1.165, 1.54) is 31.4 Å². The van der Waals surface area contributed by atoms with Crippen molar-refractivity contribution < 1.29 is 27.6 Å². The second-order valence-electron chi connectivity index (χ2n) is 7.33. The van der Waals surface area contributed by atoms with Crippen LogP contribution in [0.4, 0.5) is 29.3 Å². The third-order valence-corrected chi connectivity index (χ3v) is 5.83. The van der Waals surface area contributed by atoms with E-state index in [9.17, 15) is 28.1 Å². The monoisotopic (exact) mass is 519 g/mol. The summed E-state index contributed by atoms with van der Waals surface area (Å²) in [6.45, 7) is 2.14. The van der Waals surface area contributed by atoms with Crippen molar-refractivity contribution in [3.05, 3.63) is 57.1 Å². The number of carbonyl (C=O) groups is 1. The highest BCUT2D eigenvalue weighted by Crippen LogP contribution is 2.37. The molecular weight excluding hydrogens is 495 g/mol. The molecule has 0 fully saturated rings. The van der Waals surface area contributed by atoms with Gasteiger partial charge in [-0.1, -0.05) is 62.4 Å². The molecule has 186 valence electrons. The zero-order valence-corrected chi connectivity index (χ0v) is 20.0. The molecule has 12 heteroatoms. The number of hydrogen-bond donors (Lipinski definition) is 2. The number of nitrogens with zero attached hydrogens (tertiary/aromatic N) is 1. The molecule has 0 aromatic heterocycles. The summed E-state index contributed by atoms with van der Waals surface area (Å²) in [6, 6.07) is 6.25. The molecule has 0 aliphatic rings. The number of alkyl halides is 3. The molecule has 0 saturated carbocycles. The van der Waals surface area contributed by atoms with Crippen LogP contribution in [0.15, 0.2) is 36.4 Å². The Kier molecular flexibility index (Phi) is 10.8. The maximum Gasteiger partial charge on any atom is 0.416 e. The van der Waals surface area contributed by atoms with Gasteiger partial charge in [-0.05, 0) is 30.7 Å². The van der Waals surface area contributed by atoms with Gasteiger partial charge in [-0.25, -0.2) is 0 Å². The van der Waals surface area contributed by atoms with Crippen molar-refractivity contribution in [1.29, 1.82) is 0 Å². The van der Waals surface area contributed by atoms with Crippen LogP contribution in [-0.2, 0) is 6.18 Å². The number of benzene rings is 2. The molecule has 1 amide bonds. The summed E-state index contributed by atoms with van der Waals surface area (Å²) in [6.07, 6.45) is 2.02. The lowest BCUT2D eigenvalue weighted by molar-refractivity contribution is -0.384. The van der Waals surface area contributed by atoms with E-state index in [0.717, 1.165) is 55.3 Å². The number of nitro groups is 1. The summed E-state index contributed by atoms with van der Waals surface area (Å²) in [7, 11) is 0. The zero-order valence-electron chi connectivity index (χ0n) is 18.4. The predicted molar refractivity (Wildman–Crippen MR) is 128 cm³/mol. The average Bonchev–Trinajstić information content (AvgIpc) is 2.77. The highest BCUT2D eigenvalue weighted by atomic mass is 35.5. The topological polar surface area (TPSA) is 93.5 Å². The summed E-state index contributed by atoms with van der Waals surface area (Å²) in [5, 5.41) is 10.6. The number of ether oxygens (including phenoxy) is 1. The number of unbranched alkanes of at least 4 members (excludes halogenated alkanes) is 5. The number of thioether (sulfide) groups is 1. The summed E-state index contributed by atoms with van der Waals surface area (Å²) in [4.78, 5) is 22.7. The molecule has 2 aromatic rings. The lowest BCUT2D eigenvalue weighted by Gasteiger charge is -2.13. The fourth-order valence-corrected chi connectivity index (χ4v) is 3.80. The SMILES string of the molecule is CCCCCCCCSC(=O)NNc1cc(Oc2ccc(C(F)(F)F)cc2Cl)ccc1[N+](=O)[O-]. The Morgan fingerprint density at radius 2 is 1.82 bits per heavy atom. The lowest BCUT2D eigenvalue weighted by Crippen LogP contribution is -2.26. The first-order valence-corrected chi connectivity index (χ1v) is 12.0. The van der Waals surface area contributed by atoms with Gasteiger partial charge in [0.2, 0.25) is 0 Å². The number of hydrogen-bond acceptors (Lipinski definition) is 6. The maximum absolute atomic E-state index is 12.8. The molecule has 2 aromatic carbocycles. The fraction of sp³-hybridized carbons (Fsp3) is 0.409. The van der Waals surface area contributed by atoms with Crippen molar-refractivity contribution >= 4 is 40.0 Å². The average molecular weight is 520 g/mol. The Labute approximate surface area is 204 Å². The van der Waals surface area contributed by atoms with Crippen LogP contribution in [0.3, 0.4) is 0 Å². The zero-order chi connectivity index (χ0) is 25.1. The number of nitrogens with one attached hydrogen (secondary N) is 2. The molecular formula is C22H25ClF3N3O4S. The number of anilines is 1. The van der Waals surface area contributed by atoms with E-state index in [2.05, 4.69) is 17.8 Å². The van der Waals surface area contributed by atoms with Gasteiger partial charge >= 0.3 is 6.18 Å². The summed E-state index contributed by atoms with van der Waals surface area (Å²) < 4.78 is 43.9. The van der Waals surface area contributed by atoms with E-state index in [0.29, 0.717) is 5.75 Å². The minimum atomic E-state index is -4.56. The van der Waals surface area contributed by atoms with Gasteiger partial charge in [-0.3, -0.25) is 25.8 Å². The van der Waals surface area contributed by atoms with E-state index in [1.54, 1.807) is 0 Å². The van der Waals surface area contributed by atoms with E-state index in [4.69, 9.17) is 16.3 Å². The minimum absolute atomic E-state index is 0.0564. The van der Waals surface area contributed by atoms with E-state index in [-0.39, 0.29) is 27.9 Å².